The minimum atomic E-state index is -3.54. The van der Waals surface area contributed by atoms with Crippen LogP contribution >= 0.6 is 0 Å². The largest absolute Gasteiger partial charge is 0.383 e. The van der Waals surface area contributed by atoms with E-state index in [1.807, 2.05) is 0 Å². The zero-order valence-corrected chi connectivity index (χ0v) is 13.2. The quantitative estimate of drug-likeness (QED) is 0.590. The average Bonchev–Trinajstić information content (AvgIpc) is 2.45. The van der Waals surface area contributed by atoms with Crippen LogP contribution in [0, 0.1) is 6.92 Å². The van der Waals surface area contributed by atoms with Crippen molar-refractivity contribution in [1.29, 1.82) is 0 Å². The first kappa shape index (κ1) is 17.6. The Labute approximate surface area is 125 Å². The fourth-order valence-electron chi connectivity index (χ4n) is 1.72. The van der Waals surface area contributed by atoms with Crippen LogP contribution in [-0.4, -0.2) is 48.2 Å². The molecule has 1 aromatic carbocycles. The molecule has 0 atom stereocenters. The number of nitrogens with one attached hydrogen (secondary N) is 3. The number of carbonyl (C=O) groups is 1. The van der Waals surface area contributed by atoms with Gasteiger partial charge in [0.15, 0.2) is 0 Å². The highest BCUT2D eigenvalue weighted by Gasteiger charge is 2.17. The summed E-state index contributed by atoms with van der Waals surface area (Å²) >= 11 is 0. The van der Waals surface area contributed by atoms with E-state index in [1.165, 1.54) is 13.1 Å². The van der Waals surface area contributed by atoms with E-state index in [-0.39, 0.29) is 17.3 Å². The van der Waals surface area contributed by atoms with Crippen LogP contribution in [0.15, 0.2) is 23.1 Å². The Morgan fingerprint density at radius 1 is 1.33 bits per heavy atom. The molecule has 0 heterocycles. The second kappa shape index (κ2) is 8.08. The van der Waals surface area contributed by atoms with Gasteiger partial charge in [-0.05, 0) is 31.7 Å². The number of sulfonamides is 1. The molecular formula is C13H21N3O4S. The second-order valence-electron chi connectivity index (χ2n) is 4.35. The summed E-state index contributed by atoms with van der Waals surface area (Å²) < 4.78 is 30.8. The zero-order chi connectivity index (χ0) is 15.9. The zero-order valence-electron chi connectivity index (χ0n) is 12.4. The van der Waals surface area contributed by atoms with Crippen molar-refractivity contribution in [2.75, 3.05) is 39.2 Å². The van der Waals surface area contributed by atoms with Crippen LogP contribution in [-0.2, 0) is 19.6 Å². The predicted octanol–water partition coefficient (Wildman–Crippen LogP) is 0.0776. The van der Waals surface area contributed by atoms with E-state index in [0.29, 0.717) is 24.4 Å². The van der Waals surface area contributed by atoms with Crippen molar-refractivity contribution in [3.8, 4) is 0 Å². The van der Waals surface area contributed by atoms with Crippen molar-refractivity contribution in [3.63, 3.8) is 0 Å². The number of carbonyl (C=O) groups excluding carboxylic acids is 1. The van der Waals surface area contributed by atoms with Gasteiger partial charge in [-0.15, -0.1) is 0 Å². The Balaban J connectivity index is 2.77. The van der Waals surface area contributed by atoms with Gasteiger partial charge in [-0.1, -0.05) is 6.07 Å². The van der Waals surface area contributed by atoms with Crippen molar-refractivity contribution in [2.45, 2.75) is 11.8 Å². The van der Waals surface area contributed by atoms with Gasteiger partial charge in [0.25, 0.3) is 0 Å². The van der Waals surface area contributed by atoms with Gasteiger partial charge < -0.3 is 15.4 Å². The van der Waals surface area contributed by atoms with Crippen molar-refractivity contribution in [3.05, 3.63) is 23.8 Å². The van der Waals surface area contributed by atoms with Crippen molar-refractivity contribution < 1.29 is 17.9 Å². The van der Waals surface area contributed by atoms with Crippen molar-refractivity contribution >= 4 is 21.6 Å². The maximum absolute atomic E-state index is 11.9. The molecule has 0 saturated carbocycles. The maximum Gasteiger partial charge on any atom is 0.240 e. The molecule has 8 heteroatoms. The van der Waals surface area contributed by atoms with Crippen LogP contribution in [0.5, 0.6) is 0 Å². The minimum Gasteiger partial charge on any atom is -0.383 e. The summed E-state index contributed by atoms with van der Waals surface area (Å²) in [6, 6.07) is 4.75. The van der Waals surface area contributed by atoms with E-state index < -0.39 is 10.0 Å². The molecule has 1 rings (SSSR count). The van der Waals surface area contributed by atoms with Gasteiger partial charge in [0.1, 0.15) is 0 Å². The number of anilines is 1. The van der Waals surface area contributed by atoms with Crippen LogP contribution in [0.2, 0.25) is 0 Å². The summed E-state index contributed by atoms with van der Waals surface area (Å²) in [6.07, 6.45) is 0. The van der Waals surface area contributed by atoms with Crippen LogP contribution in [0.4, 0.5) is 5.69 Å². The van der Waals surface area contributed by atoms with Gasteiger partial charge in [0, 0.05) is 19.3 Å². The summed E-state index contributed by atoms with van der Waals surface area (Å²) in [7, 11) is -0.616. The molecular weight excluding hydrogens is 294 g/mol. The Kier molecular flexibility index (Phi) is 6.76. The molecule has 0 fully saturated rings. The standard InChI is InChI=1S/C13H21N3O4S/c1-10-11(16-13(17)9-15-7-8-20-3)5-4-6-12(10)21(18,19)14-2/h4-6,14-15H,7-9H2,1-3H3,(H,16,17). The van der Waals surface area contributed by atoms with E-state index in [4.69, 9.17) is 4.74 Å². The second-order valence-corrected chi connectivity index (χ2v) is 6.21. The lowest BCUT2D eigenvalue weighted by Crippen LogP contribution is -2.30. The van der Waals surface area contributed by atoms with Crippen LogP contribution in [0.25, 0.3) is 0 Å². The lowest BCUT2D eigenvalue weighted by atomic mass is 10.2. The molecule has 1 amide bonds. The van der Waals surface area contributed by atoms with Gasteiger partial charge in [0.05, 0.1) is 18.0 Å². The number of hydrogen-bond acceptors (Lipinski definition) is 5. The first-order chi connectivity index (χ1) is 9.92. The third-order valence-electron chi connectivity index (χ3n) is 2.88. The summed E-state index contributed by atoms with van der Waals surface area (Å²) in [4.78, 5) is 11.9. The van der Waals surface area contributed by atoms with Crippen LogP contribution in [0.1, 0.15) is 5.56 Å². The van der Waals surface area contributed by atoms with Crippen molar-refractivity contribution in [2.24, 2.45) is 0 Å². The van der Waals surface area contributed by atoms with Gasteiger partial charge in [-0.2, -0.15) is 0 Å². The van der Waals surface area contributed by atoms with E-state index in [2.05, 4.69) is 15.4 Å². The molecule has 0 aromatic heterocycles. The highest BCUT2D eigenvalue weighted by molar-refractivity contribution is 7.89. The summed E-state index contributed by atoms with van der Waals surface area (Å²) in [6.45, 7) is 2.86. The van der Waals surface area contributed by atoms with E-state index in [9.17, 15) is 13.2 Å². The molecule has 0 radical (unpaired) electrons. The molecule has 0 spiro atoms. The first-order valence-corrected chi connectivity index (χ1v) is 7.93. The normalized spacial score (nSPS) is 11.4. The Hall–Kier alpha value is -1.48. The van der Waals surface area contributed by atoms with E-state index in [0.717, 1.165) is 0 Å². The predicted molar refractivity (Wildman–Crippen MR) is 80.8 cm³/mol. The molecule has 1 aromatic rings. The monoisotopic (exact) mass is 315 g/mol. The third kappa shape index (κ3) is 5.09. The maximum atomic E-state index is 11.9. The van der Waals surface area contributed by atoms with Crippen LogP contribution < -0.4 is 15.4 Å². The first-order valence-electron chi connectivity index (χ1n) is 6.45. The SMILES string of the molecule is CNS(=O)(=O)c1cccc(NC(=O)CNCCOC)c1C. The summed E-state index contributed by atoms with van der Waals surface area (Å²) in [5.74, 6) is -0.242. The number of benzene rings is 1. The van der Waals surface area contributed by atoms with E-state index >= 15 is 0 Å². The molecule has 21 heavy (non-hydrogen) atoms. The van der Waals surface area contributed by atoms with Crippen molar-refractivity contribution in [1.82, 2.24) is 10.0 Å². The number of amides is 1. The molecule has 0 aliphatic heterocycles. The Morgan fingerprint density at radius 2 is 2.05 bits per heavy atom. The van der Waals surface area contributed by atoms with Gasteiger partial charge in [-0.25, -0.2) is 13.1 Å². The fourth-order valence-corrected chi connectivity index (χ4v) is 2.71. The molecule has 0 saturated heterocycles. The highest BCUT2D eigenvalue weighted by Crippen LogP contribution is 2.22. The smallest absolute Gasteiger partial charge is 0.240 e. The molecule has 0 aliphatic carbocycles. The molecule has 118 valence electrons. The van der Waals surface area contributed by atoms with E-state index in [1.54, 1.807) is 26.2 Å². The fraction of sp³-hybridized carbons (Fsp3) is 0.462. The molecule has 0 bridgehead atoms. The molecule has 0 aliphatic rings. The number of methoxy groups -OCH3 is 1. The highest BCUT2D eigenvalue weighted by atomic mass is 32.2. The van der Waals surface area contributed by atoms with Gasteiger partial charge >= 0.3 is 0 Å². The van der Waals surface area contributed by atoms with Gasteiger partial charge in [0.2, 0.25) is 15.9 Å². The summed E-state index contributed by atoms with van der Waals surface area (Å²) in [5.41, 5.74) is 0.974. The Bertz CT molecular complexity index is 587. The molecule has 0 unspecified atom stereocenters. The number of hydrogen-bond donors (Lipinski definition) is 3. The topological polar surface area (TPSA) is 96.5 Å². The van der Waals surface area contributed by atoms with Crippen LogP contribution in [0.3, 0.4) is 0 Å². The number of rotatable bonds is 8. The molecule has 7 nitrogen and oxygen atoms in total. The lowest BCUT2D eigenvalue weighted by molar-refractivity contribution is -0.115. The van der Waals surface area contributed by atoms with Gasteiger partial charge in [-0.3, -0.25) is 4.79 Å². The summed E-state index contributed by atoms with van der Waals surface area (Å²) in [5, 5.41) is 5.60. The third-order valence-corrected chi connectivity index (χ3v) is 4.44. The number of ether oxygens (including phenoxy) is 1. The Morgan fingerprint density at radius 3 is 2.67 bits per heavy atom. The lowest BCUT2D eigenvalue weighted by Gasteiger charge is -2.12. The minimum absolute atomic E-state index is 0.131. The molecule has 3 N–H and O–H groups in total. The average molecular weight is 315 g/mol.